The molecule has 3 heterocycles. The van der Waals surface area contributed by atoms with E-state index < -0.39 is 0 Å². The Morgan fingerprint density at radius 1 is 1.29 bits per heavy atom. The lowest BCUT2D eigenvalue weighted by Gasteiger charge is -2.37. The molecule has 2 aliphatic heterocycles. The second-order valence-electron chi connectivity index (χ2n) is 8.17. The summed E-state index contributed by atoms with van der Waals surface area (Å²) in [6, 6.07) is 3.85. The van der Waals surface area contributed by atoms with Gasteiger partial charge in [-0.15, -0.1) is 0 Å². The Morgan fingerprint density at radius 3 is 2.75 bits per heavy atom. The van der Waals surface area contributed by atoms with Crippen LogP contribution in [0.2, 0.25) is 0 Å². The number of nitrogens with one attached hydrogen (secondary N) is 1. The molecule has 0 saturated carbocycles. The molecule has 0 unspecified atom stereocenters. The number of allylic oxidation sites excluding steroid dienone is 2. The molecule has 1 aromatic heterocycles. The highest BCUT2D eigenvalue weighted by Crippen LogP contribution is 2.48. The minimum atomic E-state index is -0.331. The molecule has 4 rings (SSSR count). The topological polar surface area (TPSA) is 74.6 Å². The highest BCUT2D eigenvalue weighted by atomic mass is 16.3. The Hall–Kier alpha value is -1.92. The van der Waals surface area contributed by atoms with Gasteiger partial charge in [-0.2, -0.15) is 0 Å². The number of aliphatic hydroxyl groups is 1. The van der Waals surface area contributed by atoms with Crippen LogP contribution in [-0.2, 0) is 11.3 Å². The third kappa shape index (κ3) is 2.94. The van der Waals surface area contributed by atoms with Gasteiger partial charge < -0.3 is 15.0 Å². The van der Waals surface area contributed by atoms with Crippen LogP contribution in [0, 0.1) is 11.8 Å². The zero-order chi connectivity index (χ0) is 19.8. The molecule has 28 heavy (non-hydrogen) atoms. The number of carbonyl (C=O) groups excluding carboxylic acids is 1. The van der Waals surface area contributed by atoms with Gasteiger partial charge in [0.2, 0.25) is 5.91 Å². The van der Waals surface area contributed by atoms with Gasteiger partial charge in [-0.05, 0) is 56.9 Å². The number of aromatic nitrogens is 1. The minimum Gasteiger partial charge on any atom is -0.396 e. The molecule has 6 heteroatoms. The summed E-state index contributed by atoms with van der Waals surface area (Å²) in [5.74, 6) is -0.511. The number of pyridine rings is 1. The van der Waals surface area contributed by atoms with Gasteiger partial charge in [-0.25, -0.2) is 0 Å². The molecular formula is C22H31N3O3. The Balaban J connectivity index is 1.81. The van der Waals surface area contributed by atoms with E-state index in [0.29, 0.717) is 13.1 Å². The summed E-state index contributed by atoms with van der Waals surface area (Å²) >= 11 is 0. The van der Waals surface area contributed by atoms with Crippen LogP contribution in [0.3, 0.4) is 0 Å². The molecule has 1 aromatic rings. The maximum absolute atomic E-state index is 13.4. The van der Waals surface area contributed by atoms with Crippen molar-refractivity contribution in [3.8, 4) is 0 Å². The Morgan fingerprint density at radius 2 is 2.11 bits per heavy atom. The van der Waals surface area contributed by atoms with E-state index in [1.165, 1.54) is 6.42 Å². The fourth-order valence-electron chi connectivity index (χ4n) is 5.58. The lowest BCUT2D eigenvalue weighted by Crippen LogP contribution is -2.46. The Labute approximate surface area is 166 Å². The number of fused-ring (bicyclic) bond motifs is 4. The zero-order valence-electron chi connectivity index (χ0n) is 16.9. The first-order chi connectivity index (χ1) is 13.6. The van der Waals surface area contributed by atoms with Crippen LogP contribution in [0.5, 0.6) is 0 Å². The van der Waals surface area contributed by atoms with Gasteiger partial charge in [0.05, 0.1) is 12.0 Å². The average Bonchev–Trinajstić information content (AvgIpc) is 2.95. The number of rotatable bonds is 5. The van der Waals surface area contributed by atoms with E-state index in [4.69, 9.17) is 0 Å². The van der Waals surface area contributed by atoms with Gasteiger partial charge in [0.1, 0.15) is 0 Å². The van der Waals surface area contributed by atoms with Crippen LogP contribution in [-0.4, -0.2) is 46.2 Å². The van der Waals surface area contributed by atoms with Crippen molar-refractivity contribution in [3.05, 3.63) is 39.8 Å². The summed E-state index contributed by atoms with van der Waals surface area (Å²) < 4.78 is 1.88. The van der Waals surface area contributed by atoms with E-state index in [0.717, 1.165) is 42.6 Å². The number of nitrogens with zero attached hydrogens (tertiary/aromatic N) is 2. The molecule has 3 aliphatic rings. The van der Waals surface area contributed by atoms with Gasteiger partial charge in [-0.3, -0.25) is 14.5 Å². The van der Waals surface area contributed by atoms with Gasteiger partial charge in [-0.1, -0.05) is 13.0 Å². The first-order valence-corrected chi connectivity index (χ1v) is 10.7. The van der Waals surface area contributed by atoms with Crippen LogP contribution in [0.15, 0.2) is 23.0 Å². The van der Waals surface area contributed by atoms with Crippen molar-refractivity contribution in [1.82, 2.24) is 14.8 Å². The molecular weight excluding hydrogens is 354 g/mol. The second-order valence-corrected chi connectivity index (χ2v) is 8.17. The van der Waals surface area contributed by atoms with Crippen molar-refractivity contribution in [2.75, 3.05) is 19.7 Å². The highest BCUT2D eigenvalue weighted by Gasteiger charge is 2.55. The minimum absolute atomic E-state index is 0.00777. The largest absolute Gasteiger partial charge is 0.396 e. The van der Waals surface area contributed by atoms with Gasteiger partial charge in [0.25, 0.3) is 5.56 Å². The highest BCUT2D eigenvalue weighted by molar-refractivity contribution is 5.80. The fraction of sp³-hybridized carbons (Fsp3) is 0.636. The average molecular weight is 386 g/mol. The maximum atomic E-state index is 13.4. The van der Waals surface area contributed by atoms with Crippen molar-refractivity contribution in [2.45, 2.75) is 58.2 Å². The number of carbonyl (C=O) groups is 1. The van der Waals surface area contributed by atoms with Crippen LogP contribution in [0.25, 0.3) is 5.57 Å². The molecule has 1 aliphatic carbocycles. The van der Waals surface area contributed by atoms with Crippen molar-refractivity contribution < 1.29 is 9.90 Å². The SMILES string of the molecule is CCNC(=O)[C@H]1[C@H](CO)[C@H]2Cn3c(ccc(C4=CCCCC4)c3=O)[C@@H]1N2CC. The standard InChI is InChI=1S/C22H31N3O3/c1-3-23-21(27)19-16(13-26)18-12-25-17(20(19)24(18)4-2)11-10-15(22(25)28)14-8-6-5-7-9-14/h8,10-11,16,18-20,26H,3-7,9,12-13H2,1-2H3,(H,23,27)/t16-,18-,19+,20+/m1/s1. The van der Waals surface area contributed by atoms with E-state index >= 15 is 0 Å². The lowest BCUT2D eigenvalue weighted by atomic mass is 9.86. The Kier molecular flexibility index (Phi) is 5.43. The maximum Gasteiger partial charge on any atom is 0.258 e. The first kappa shape index (κ1) is 19.4. The summed E-state index contributed by atoms with van der Waals surface area (Å²) in [7, 11) is 0. The van der Waals surface area contributed by atoms with Crippen molar-refractivity contribution in [3.63, 3.8) is 0 Å². The quantitative estimate of drug-likeness (QED) is 0.812. The molecule has 2 N–H and O–H groups in total. The van der Waals surface area contributed by atoms with E-state index in [9.17, 15) is 14.7 Å². The molecule has 1 fully saturated rings. The molecule has 1 amide bonds. The predicted octanol–water partition coefficient (Wildman–Crippen LogP) is 1.93. The second kappa shape index (κ2) is 7.84. The third-order valence-corrected chi connectivity index (χ3v) is 6.83. The smallest absolute Gasteiger partial charge is 0.258 e. The fourth-order valence-corrected chi connectivity index (χ4v) is 5.58. The monoisotopic (exact) mass is 385 g/mol. The Bertz CT molecular complexity index is 844. The molecule has 1 saturated heterocycles. The van der Waals surface area contributed by atoms with Crippen LogP contribution in [0.4, 0.5) is 0 Å². The number of hydrogen-bond acceptors (Lipinski definition) is 4. The molecule has 6 nitrogen and oxygen atoms in total. The number of amides is 1. The van der Waals surface area contributed by atoms with E-state index in [-0.39, 0.29) is 42.0 Å². The van der Waals surface area contributed by atoms with E-state index in [1.807, 2.05) is 23.6 Å². The first-order valence-electron chi connectivity index (χ1n) is 10.7. The molecule has 4 atom stereocenters. The van der Waals surface area contributed by atoms with Gasteiger partial charge in [0.15, 0.2) is 0 Å². The summed E-state index contributed by atoms with van der Waals surface area (Å²) in [6.07, 6.45) is 6.53. The van der Waals surface area contributed by atoms with Crippen molar-refractivity contribution >= 4 is 11.5 Å². The number of likely N-dealkylation sites (N-methyl/N-ethyl adjacent to an activating group) is 1. The number of aliphatic hydroxyl groups excluding tert-OH is 1. The van der Waals surface area contributed by atoms with Crippen LogP contribution >= 0.6 is 0 Å². The summed E-state index contributed by atoms with van der Waals surface area (Å²) in [4.78, 5) is 28.5. The molecule has 2 bridgehead atoms. The number of hydrogen-bond donors (Lipinski definition) is 2. The summed E-state index contributed by atoms with van der Waals surface area (Å²) in [6.45, 7) is 5.86. The van der Waals surface area contributed by atoms with E-state index in [1.54, 1.807) is 0 Å². The lowest BCUT2D eigenvalue weighted by molar-refractivity contribution is -0.127. The molecule has 0 radical (unpaired) electrons. The normalized spacial score (nSPS) is 29.3. The van der Waals surface area contributed by atoms with Gasteiger partial charge >= 0.3 is 0 Å². The molecule has 152 valence electrons. The van der Waals surface area contributed by atoms with Crippen LogP contribution < -0.4 is 10.9 Å². The van der Waals surface area contributed by atoms with Gasteiger partial charge in [0, 0.05) is 42.9 Å². The van der Waals surface area contributed by atoms with Crippen molar-refractivity contribution in [2.24, 2.45) is 11.8 Å². The molecule has 0 spiro atoms. The third-order valence-electron chi connectivity index (χ3n) is 6.83. The van der Waals surface area contributed by atoms with E-state index in [2.05, 4.69) is 23.2 Å². The zero-order valence-corrected chi connectivity index (χ0v) is 16.9. The summed E-state index contributed by atoms with van der Waals surface area (Å²) in [5.41, 5.74) is 2.94. The summed E-state index contributed by atoms with van der Waals surface area (Å²) in [5, 5.41) is 13.1. The van der Waals surface area contributed by atoms with Crippen LogP contribution in [0.1, 0.15) is 56.8 Å². The predicted molar refractivity (Wildman–Crippen MR) is 109 cm³/mol. The van der Waals surface area contributed by atoms with Crippen molar-refractivity contribution in [1.29, 1.82) is 0 Å². The molecule has 0 aromatic carbocycles.